The van der Waals surface area contributed by atoms with Gasteiger partial charge in [0.25, 0.3) is 5.91 Å². The Morgan fingerprint density at radius 3 is 2.84 bits per heavy atom. The topological polar surface area (TPSA) is 94.0 Å². The van der Waals surface area contributed by atoms with E-state index in [1.54, 1.807) is 30.1 Å². The summed E-state index contributed by atoms with van der Waals surface area (Å²) in [5.41, 5.74) is 1.36. The van der Waals surface area contributed by atoms with Crippen molar-refractivity contribution in [1.82, 2.24) is 25.1 Å². The van der Waals surface area contributed by atoms with Crippen molar-refractivity contribution in [2.75, 3.05) is 32.1 Å². The molecule has 3 aromatic rings. The molecule has 0 fully saturated rings. The molecule has 0 bridgehead atoms. The number of benzene rings is 1. The number of carbonyl (C=O) groups is 1. The summed E-state index contributed by atoms with van der Waals surface area (Å²) in [4.78, 5) is 20.6. The number of rotatable bonds is 8. The molecule has 8 heteroatoms. The van der Waals surface area contributed by atoms with Crippen LogP contribution in [0.1, 0.15) is 10.4 Å². The van der Waals surface area contributed by atoms with Gasteiger partial charge in [-0.15, -0.1) is 0 Å². The molecule has 1 amide bonds. The molecule has 3 rings (SSSR count). The zero-order chi connectivity index (χ0) is 17.5. The van der Waals surface area contributed by atoms with Crippen molar-refractivity contribution in [3.8, 4) is 0 Å². The Kier molecular flexibility index (Phi) is 5.53. The highest BCUT2D eigenvalue weighted by Crippen LogP contribution is 2.18. The molecule has 2 aromatic heterocycles. The van der Waals surface area contributed by atoms with Crippen LogP contribution in [0.25, 0.3) is 11.0 Å². The number of carbonyl (C=O) groups excluding carboxylic acids is 1. The lowest BCUT2D eigenvalue weighted by molar-refractivity contribution is 0.0952. The second kappa shape index (κ2) is 8.20. The minimum absolute atomic E-state index is 0.103. The summed E-state index contributed by atoms with van der Waals surface area (Å²) in [6.45, 7) is 2.23. The fourth-order valence-corrected chi connectivity index (χ4v) is 2.44. The second-order valence-electron chi connectivity index (χ2n) is 5.37. The highest BCUT2D eigenvalue weighted by Gasteiger charge is 2.10. The van der Waals surface area contributed by atoms with E-state index in [4.69, 9.17) is 4.74 Å². The van der Waals surface area contributed by atoms with Gasteiger partial charge in [-0.25, -0.2) is 14.6 Å². The summed E-state index contributed by atoms with van der Waals surface area (Å²) in [5.74, 6) is 0.621. The molecule has 0 aliphatic heterocycles. The quantitative estimate of drug-likeness (QED) is 0.601. The van der Waals surface area contributed by atoms with Gasteiger partial charge in [0.05, 0.1) is 24.7 Å². The van der Waals surface area contributed by atoms with E-state index in [1.165, 1.54) is 6.33 Å². The summed E-state index contributed by atoms with van der Waals surface area (Å²) in [6, 6.07) is 9.12. The van der Waals surface area contributed by atoms with Crippen LogP contribution in [0.15, 0.2) is 42.9 Å². The number of aromatic nitrogens is 4. The number of methoxy groups -OCH3 is 1. The molecule has 8 nitrogen and oxygen atoms in total. The van der Waals surface area contributed by atoms with Crippen LogP contribution in [-0.2, 0) is 11.3 Å². The van der Waals surface area contributed by atoms with Crippen molar-refractivity contribution < 1.29 is 9.53 Å². The molecule has 0 aliphatic carbocycles. The predicted molar refractivity (Wildman–Crippen MR) is 94.5 cm³/mol. The number of fused-ring (bicyclic) bond motifs is 1. The minimum Gasteiger partial charge on any atom is -0.383 e. The Morgan fingerprint density at radius 2 is 2.04 bits per heavy atom. The van der Waals surface area contributed by atoms with Crippen molar-refractivity contribution in [1.29, 1.82) is 0 Å². The van der Waals surface area contributed by atoms with Crippen LogP contribution in [0.5, 0.6) is 0 Å². The maximum Gasteiger partial charge on any atom is 0.251 e. The summed E-state index contributed by atoms with van der Waals surface area (Å²) in [5, 5.41) is 11.3. The largest absolute Gasteiger partial charge is 0.383 e. The number of nitrogens with zero attached hydrogens (tertiary/aromatic N) is 4. The van der Waals surface area contributed by atoms with E-state index in [2.05, 4.69) is 25.7 Å². The molecule has 130 valence electrons. The molecule has 0 radical (unpaired) electrons. The van der Waals surface area contributed by atoms with Gasteiger partial charge in [-0.2, -0.15) is 5.10 Å². The van der Waals surface area contributed by atoms with Crippen molar-refractivity contribution >= 4 is 22.8 Å². The van der Waals surface area contributed by atoms with Gasteiger partial charge in [-0.1, -0.05) is 18.2 Å². The summed E-state index contributed by atoms with van der Waals surface area (Å²) in [6.07, 6.45) is 3.22. The second-order valence-corrected chi connectivity index (χ2v) is 5.37. The molecule has 1 aromatic carbocycles. The zero-order valence-electron chi connectivity index (χ0n) is 14.0. The number of nitrogens with one attached hydrogen (secondary N) is 2. The predicted octanol–water partition coefficient (Wildman–Crippen LogP) is 1.31. The van der Waals surface area contributed by atoms with E-state index in [0.29, 0.717) is 31.8 Å². The first kappa shape index (κ1) is 16.8. The Morgan fingerprint density at radius 1 is 1.20 bits per heavy atom. The molecule has 2 N–H and O–H groups in total. The lowest BCUT2D eigenvalue weighted by atomic mass is 10.2. The van der Waals surface area contributed by atoms with Gasteiger partial charge in [0, 0.05) is 25.8 Å². The molecule has 0 saturated heterocycles. The van der Waals surface area contributed by atoms with Crippen LogP contribution in [0.3, 0.4) is 0 Å². The fraction of sp³-hybridized carbons (Fsp3) is 0.294. The van der Waals surface area contributed by atoms with Gasteiger partial charge in [-0.3, -0.25) is 4.79 Å². The minimum atomic E-state index is -0.103. The van der Waals surface area contributed by atoms with E-state index < -0.39 is 0 Å². The lowest BCUT2D eigenvalue weighted by Crippen LogP contribution is -2.27. The van der Waals surface area contributed by atoms with Gasteiger partial charge in [0.2, 0.25) is 0 Å². The summed E-state index contributed by atoms with van der Waals surface area (Å²) >= 11 is 0. The summed E-state index contributed by atoms with van der Waals surface area (Å²) < 4.78 is 6.78. The molecular formula is C17H20N6O2. The number of ether oxygens (including phenoxy) is 1. The third-order valence-corrected chi connectivity index (χ3v) is 3.68. The van der Waals surface area contributed by atoms with Crippen molar-refractivity contribution in [3.63, 3.8) is 0 Å². The number of amides is 1. The summed E-state index contributed by atoms with van der Waals surface area (Å²) in [7, 11) is 1.65. The van der Waals surface area contributed by atoms with Gasteiger partial charge in [0.1, 0.15) is 12.1 Å². The van der Waals surface area contributed by atoms with Gasteiger partial charge < -0.3 is 15.4 Å². The Bertz CT molecular complexity index is 834. The van der Waals surface area contributed by atoms with E-state index in [-0.39, 0.29) is 5.91 Å². The maximum absolute atomic E-state index is 12.0. The van der Waals surface area contributed by atoms with Crippen LogP contribution in [0, 0.1) is 0 Å². The monoisotopic (exact) mass is 340 g/mol. The van der Waals surface area contributed by atoms with Crippen LogP contribution in [0.4, 0.5) is 5.82 Å². The van der Waals surface area contributed by atoms with Gasteiger partial charge in [-0.05, 0) is 12.1 Å². The standard InChI is InChI=1S/C17H20N6O2/c1-25-10-8-18-15-14-11-22-23(16(14)21-12-20-15)9-7-19-17(24)13-5-3-2-4-6-13/h2-6,11-12H,7-10H2,1H3,(H,19,24)(H,18,20,21). The Labute approximate surface area is 145 Å². The smallest absolute Gasteiger partial charge is 0.251 e. The first-order chi connectivity index (χ1) is 12.3. The highest BCUT2D eigenvalue weighted by atomic mass is 16.5. The normalized spacial score (nSPS) is 10.8. The van der Waals surface area contributed by atoms with E-state index in [1.807, 2.05) is 18.2 Å². The average molecular weight is 340 g/mol. The average Bonchev–Trinajstić information content (AvgIpc) is 3.07. The first-order valence-electron chi connectivity index (χ1n) is 8.02. The third kappa shape index (κ3) is 4.10. The molecule has 0 spiro atoms. The lowest BCUT2D eigenvalue weighted by Gasteiger charge is -2.07. The Hall–Kier alpha value is -3.00. The maximum atomic E-state index is 12.0. The number of hydrogen-bond acceptors (Lipinski definition) is 6. The number of anilines is 1. The fourth-order valence-electron chi connectivity index (χ4n) is 2.44. The molecular weight excluding hydrogens is 320 g/mol. The molecule has 0 unspecified atom stereocenters. The van der Waals surface area contributed by atoms with E-state index in [0.717, 1.165) is 16.9 Å². The van der Waals surface area contributed by atoms with Crippen LogP contribution < -0.4 is 10.6 Å². The van der Waals surface area contributed by atoms with Crippen LogP contribution in [0.2, 0.25) is 0 Å². The van der Waals surface area contributed by atoms with Gasteiger partial charge >= 0.3 is 0 Å². The molecule has 0 atom stereocenters. The first-order valence-corrected chi connectivity index (χ1v) is 8.02. The van der Waals surface area contributed by atoms with E-state index >= 15 is 0 Å². The van der Waals surface area contributed by atoms with E-state index in [9.17, 15) is 4.79 Å². The highest BCUT2D eigenvalue weighted by molar-refractivity contribution is 5.94. The van der Waals surface area contributed by atoms with Crippen molar-refractivity contribution in [2.24, 2.45) is 0 Å². The van der Waals surface area contributed by atoms with Crippen molar-refractivity contribution in [2.45, 2.75) is 6.54 Å². The number of hydrogen-bond donors (Lipinski definition) is 2. The zero-order valence-corrected chi connectivity index (χ0v) is 14.0. The molecule has 0 aliphatic rings. The van der Waals surface area contributed by atoms with Crippen molar-refractivity contribution in [3.05, 3.63) is 48.4 Å². The van der Waals surface area contributed by atoms with Crippen LogP contribution >= 0.6 is 0 Å². The molecule has 0 saturated carbocycles. The SMILES string of the molecule is COCCNc1ncnc2c1cnn2CCNC(=O)c1ccccc1. The third-order valence-electron chi connectivity index (χ3n) is 3.68. The van der Waals surface area contributed by atoms with Gasteiger partial charge in [0.15, 0.2) is 5.65 Å². The molecule has 2 heterocycles. The van der Waals surface area contributed by atoms with Crippen LogP contribution in [-0.4, -0.2) is 52.5 Å². The Balaban J connectivity index is 1.62. The molecule has 25 heavy (non-hydrogen) atoms.